The minimum atomic E-state index is -1.23. The molecule has 0 saturated carbocycles. The monoisotopic (exact) mass is 771 g/mol. The molecule has 2 atom stereocenters. The fourth-order valence-corrected chi connectivity index (χ4v) is 7.58. The molecular formula is C45H45N3O7S. The predicted molar refractivity (Wildman–Crippen MR) is 216 cm³/mol. The van der Waals surface area contributed by atoms with Crippen molar-refractivity contribution >= 4 is 41.4 Å². The molecule has 0 bridgehead atoms. The maximum Gasteiger partial charge on any atom is 0.408 e. The van der Waals surface area contributed by atoms with Gasteiger partial charge in [0, 0.05) is 12.2 Å². The van der Waals surface area contributed by atoms with Crippen LogP contribution in [0.1, 0.15) is 47.6 Å². The fourth-order valence-electron chi connectivity index (χ4n) is 6.02. The third-order valence-corrected chi connectivity index (χ3v) is 10.5. The van der Waals surface area contributed by atoms with Gasteiger partial charge in [0.2, 0.25) is 11.8 Å². The molecule has 5 aromatic carbocycles. The number of Topliss-reactive ketones (excluding diaryl/α,β-unsaturated/α-hetero) is 1. The SMILES string of the molecule is CC(=O)CNC(=O)[C@H](CSC(c1ccccc1)(c1ccccc1)c1ccccc1)NC(=O)CC[C@@H](NC(=O)OCc1ccccc1)C(=O)OCc1ccccc1. The number of amides is 3. The molecule has 0 heterocycles. The smallest absolute Gasteiger partial charge is 0.408 e. The van der Waals surface area contributed by atoms with Crippen LogP contribution in [0.3, 0.4) is 0 Å². The Bertz CT molecular complexity index is 1920. The predicted octanol–water partition coefficient (Wildman–Crippen LogP) is 6.72. The maximum absolute atomic E-state index is 13.7. The highest BCUT2D eigenvalue weighted by Gasteiger charge is 2.38. The van der Waals surface area contributed by atoms with E-state index in [2.05, 4.69) is 16.0 Å². The molecule has 0 spiro atoms. The van der Waals surface area contributed by atoms with E-state index in [-0.39, 0.29) is 44.1 Å². The van der Waals surface area contributed by atoms with Crippen LogP contribution in [0.15, 0.2) is 152 Å². The normalized spacial score (nSPS) is 12.0. The largest absolute Gasteiger partial charge is 0.459 e. The van der Waals surface area contributed by atoms with E-state index in [1.165, 1.54) is 18.7 Å². The number of esters is 1. The van der Waals surface area contributed by atoms with Crippen LogP contribution in [0.5, 0.6) is 0 Å². The Balaban J connectivity index is 1.34. The van der Waals surface area contributed by atoms with Crippen LogP contribution in [0, 0.1) is 0 Å². The second-order valence-electron chi connectivity index (χ2n) is 13.0. The first-order chi connectivity index (χ1) is 27.2. The highest BCUT2D eigenvalue weighted by Crippen LogP contribution is 2.48. The zero-order valence-corrected chi connectivity index (χ0v) is 31.9. The molecule has 0 unspecified atom stereocenters. The molecule has 56 heavy (non-hydrogen) atoms. The number of alkyl carbamates (subject to hydrolysis) is 1. The topological polar surface area (TPSA) is 140 Å². The number of ketones is 1. The minimum absolute atomic E-state index is 0.0237. The summed E-state index contributed by atoms with van der Waals surface area (Å²) in [6.45, 7) is 1.10. The first-order valence-electron chi connectivity index (χ1n) is 18.3. The van der Waals surface area contributed by atoms with E-state index in [9.17, 15) is 24.0 Å². The van der Waals surface area contributed by atoms with Crippen LogP contribution in [-0.2, 0) is 46.6 Å². The van der Waals surface area contributed by atoms with Gasteiger partial charge in [-0.25, -0.2) is 9.59 Å². The first-order valence-corrected chi connectivity index (χ1v) is 19.3. The van der Waals surface area contributed by atoms with Crippen molar-refractivity contribution in [2.45, 2.75) is 49.8 Å². The molecule has 11 heteroatoms. The van der Waals surface area contributed by atoms with Crippen molar-refractivity contribution < 1.29 is 33.4 Å². The van der Waals surface area contributed by atoms with Gasteiger partial charge in [0.1, 0.15) is 31.1 Å². The number of rotatable bonds is 19. The number of hydrogen-bond donors (Lipinski definition) is 3. The standard InChI is InChI=1S/C45H45N3O7S/c1-33(49)29-46-42(51)40(32-56-45(36-21-11-4-12-22-36,37-23-13-5-14-24-37)38-25-15-6-16-26-38)47-41(50)28-27-39(43(52)54-30-34-17-7-2-8-18-34)48-44(53)55-31-35-19-9-3-10-20-35/h2-26,39-40H,27-32H2,1H3,(H,46,51)(H,47,50)(H,48,53)/t39-,40+/m1/s1. The Morgan fingerprint density at radius 2 is 1.04 bits per heavy atom. The summed E-state index contributed by atoms with van der Waals surface area (Å²) < 4.78 is 10.1. The summed E-state index contributed by atoms with van der Waals surface area (Å²) in [5.74, 6) is -1.96. The zero-order chi connectivity index (χ0) is 39.6. The van der Waals surface area contributed by atoms with Crippen LogP contribution >= 0.6 is 11.8 Å². The van der Waals surface area contributed by atoms with E-state index in [0.29, 0.717) is 0 Å². The van der Waals surface area contributed by atoms with Crippen LogP contribution in [0.4, 0.5) is 4.79 Å². The molecule has 0 aromatic heterocycles. The third kappa shape index (κ3) is 11.9. The molecule has 0 fully saturated rings. The molecule has 0 aliphatic carbocycles. The van der Waals surface area contributed by atoms with Gasteiger partial charge in [0.15, 0.2) is 0 Å². The Hall–Kier alpha value is -6.20. The van der Waals surface area contributed by atoms with E-state index >= 15 is 0 Å². The molecule has 3 N–H and O–H groups in total. The Labute approximate surface area is 331 Å². The lowest BCUT2D eigenvalue weighted by atomic mass is 9.84. The van der Waals surface area contributed by atoms with Crippen LogP contribution in [-0.4, -0.2) is 54.0 Å². The lowest BCUT2D eigenvalue weighted by molar-refractivity contribution is -0.147. The lowest BCUT2D eigenvalue weighted by Crippen LogP contribution is -2.50. The maximum atomic E-state index is 13.7. The number of nitrogens with one attached hydrogen (secondary N) is 3. The van der Waals surface area contributed by atoms with E-state index in [1.807, 2.05) is 127 Å². The van der Waals surface area contributed by atoms with Gasteiger partial charge in [-0.2, -0.15) is 0 Å². The second-order valence-corrected chi connectivity index (χ2v) is 14.3. The Morgan fingerprint density at radius 3 is 1.50 bits per heavy atom. The molecule has 288 valence electrons. The quantitative estimate of drug-likeness (QED) is 0.0622. The molecule has 0 radical (unpaired) electrons. The molecule has 0 aliphatic heterocycles. The zero-order valence-electron chi connectivity index (χ0n) is 31.1. The van der Waals surface area contributed by atoms with Gasteiger partial charge in [-0.3, -0.25) is 14.4 Å². The number of carbonyl (C=O) groups excluding carboxylic acids is 5. The lowest BCUT2D eigenvalue weighted by Gasteiger charge is -2.36. The Kier molecular flexibility index (Phi) is 15.4. The van der Waals surface area contributed by atoms with Gasteiger partial charge in [-0.1, -0.05) is 152 Å². The van der Waals surface area contributed by atoms with Crippen LogP contribution in [0.25, 0.3) is 0 Å². The average Bonchev–Trinajstić information content (AvgIpc) is 3.24. The van der Waals surface area contributed by atoms with E-state index in [1.54, 1.807) is 24.3 Å². The first kappa shape index (κ1) is 41.0. The third-order valence-electron chi connectivity index (χ3n) is 8.84. The summed E-state index contributed by atoms with van der Waals surface area (Å²) in [7, 11) is 0. The summed E-state index contributed by atoms with van der Waals surface area (Å²) in [4.78, 5) is 65.4. The van der Waals surface area contributed by atoms with Gasteiger partial charge in [-0.15, -0.1) is 11.8 Å². The summed E-state index contributed by atoms with van der Waals surface area (Å²) in [6.07, 6.45) is -1.24. The molecule has 3 amide bonds. The fraction of sp³-hybridized carbons (Fsp3) is 0.222. The van der Waals surface area contributed by atoms with Crippen molar-refractivity contribution in [1.82, 2.24) is 16.0 Å². The van der Waals surface area contributed by atoms with Gasteiger partial charge in [-0.05, 0) is 41.2 Å². The Morgan fingerprint density at radius 1 is 0.589 bits per heavy atom. The highest BCUT2D eigenvalue weighted by atomic mass is 32.2. The minimum Gasteiger partial charge on any atom is -0.459 e. The molecular weight excluding hydrogens is 727 g/mol. The molecule has 5 aromatic rings. The number of ether oxygens (including phenoxy) is 2. The molecule has 0 aliphatic rings. The van der Waals surface area contributed by atoms with Gasteiger partial charge in [0.05, 0.1) is 11.3 Å². The summed E-state index contributed by atoms with van der Waals surface area (Å²) in [5.41, 5.74) is 4.42. The summed E-state index contributed by atoms with van der Waals surface area (Å²) in [6, 6.07) is 45.6. The highest BCUT2D eigenvalue weighted by molar-refractivity contribution is 8.00. The van der Waals surface area contributed by atoms with Crippen LogP contribution in [0.2, 0.25) is 0 Å². The van der Waals surface area contributed by atoms with Crippen molar-refractivity contribution in [3.8, 4) is 0 Å². The summed E-state index contributed by atoms with van der Waals surface area (Å²) >= 11 is 1.48. The van der Waals surface area contributed by atoms with E-state index in [0.717, 1.165) is 27.8 Å². The number of carbonyl (C=O) groups is 5. The van der Waals surface area contributed by atoms with Gasteiger partial charge in [0.25, 0.3) is 0 Å². The van der Waals surface area contributed by atoms with Crippen molar-refractivity contribution in [3.63, 3.8) is 0 Å². The molecule has 5 rings (SSSR count). The van der Waals surface area contributed by atoms with Gasteiger partial charge >= 0.3 is 12.1 Å². The van der Waals surface area contributed by atoms with Crippen molar-refractivity contribution in [1.29, 1.82) is 0 Å². The van der Waals surface area contributed by atoms with E-state index in [4.69, 9.17) is 9.47 Å². The number of hydrogen-bond acceptors (Lipinski definition) is 8. The second kappa shape index (κ2) is 21.0. The average molecular weight is 772 g/mol. The van der Waals surface area contributed by atoms with Crippen LogP contribution < -0.4 is 16.0 Å². The van der Waals surface area contributed by atoms with Crippen molar-refractivity contribution in [3.05, 3.63) is 179 Å². The van der Waals surface area contributed by atoms with E-state index < -0.39 is 40.7 Å². The van der Waals surface area contributed by atoms with Gasteiger partial charge < -0.3 is 25.4 Å². The number of benzene rings is 5. The van der Waals surface area contributed by atoms with Crippen molar-refractivity contribution in [2.24, 2.45) is 0 Å². The molecule has 0 saturated heterocycles. The molecule has 10 nitrogen and oxygen atoms in total. The summed E-state index contributed by atoms with van der Waals surface area (Å²) in [5, 5.41) is 8.04. The van der Waals surface area contributed by atoms with Crippen molar-refractivity contribution in [2.75, 3.05) is 12.3 Å². The number of thioether (sulfide) groups is 1.